The van der Waals surface area contributed by atoms with Gasteiger partial charge in [0.15, 0.2) is 11.6 Å². The van der Waals surface area contributed by atoms with E-state index in [-0.39, 0.29) is 0 Å². The number of benzene rings is 1. The molecule has 0 spiro atoms. The standard InChI is InChI=1S/C12H13F2NOS/c1-15-5-12-8(6-16-2)7-3-9(13)10(14)4-11(7)17-12/h3-4,15H,5-6H2,1-2H3. The second-order valence-corrected chi connectivity index (χ2v) is 4.87. The molecule has 0 saturated carbocycles. The van der Waals surface area contributed by atoms with Crippen molar-refractivity contribution in [3.05, 3.63) is 34.2 Å². The van der Waals surface area contributed by atoms with Gasteiger partial charge in [-0.3, -0.25) is 0 Å². The van der Waals surface area contributed by atoms with Gasteiger partial charge in [0.05, 0.1) is 6.61 Å². The molecule has 1 heterocycles. The highest BCUT2D eigenvalue weighted by molar-refractivity contribution is 7.19. The zero-order valence-electron chi connectivity index (χ0n) is 9.64. The third-order valence-electron chi connectivity index (χ3n) is 2.54. The SMILES string of the molecule is CNCc1sc2cc(F)c(F)cc2c1COC. The highest BCUT2D eigenvalue weighted by Crippen LogP contribution is 2.33. The fourth-order valence-corrected chi connectivity index (χ4v) is 3.03. The minimum absolute atomic E-state index is 0.405. The Kier molecular flexibility index (Phi) is 3.71. The van der Waals surface area contributed by atoms with E-state index in [1.54, 1.807) is 7.11 Å². The predicted octanol–water partition coefficient (Wildman–Crippen LogP) is 3.05. The maximum absolute atomic E-state index is 13.2. The molecule has 1 N–H and O–H groups in total. The lowest BCUT2D eigenvalue weighted by molar-refractivity contribution is 0.185. The summed E-state index contributed by atoms with van der Waals surface area (Å²) in [6, 6.07) is 2.49. The lowest BCUT2D eigenvalue weighted by Crippen LogP contribution is -2.05. The van der Waals surface area contributed by atoms with Gasteiger partial charge in [0.1, 0.15) is 0 Å². The zero-order chi connectivity index (χ0) is 12.4. The summed E-state index contributed by atoms with van der Waals surface area (Å²) >= 11 is 1.46. The summed E-state index contributed by atoms with van der Waals surface area (Å²) < 4.78 is 32.2. The minimum atomic E-state index is -0.816. The lowest BCUT2D eigenvalue weighted by atomic mass is 10.1. The molecular formula is C12H13F2NOS. The average Bonchev–Trinajstić information content (AvgIpc) is 2.59. The van der Waals surface area contributed by atoms with Gasteiger partial charge in [0.25, 0.3) is 0 Å². The van der Waals surface area contributed by atoms with Crippen LogP contribution in [0.4, 0.5) is 8.78 Å². The van der Waals surface area contributed by atoms with Crippen LogP contribution in [-0.4, -0.2) is 14.2 Å². The van der Waals surface area contributed by atoms with Crippen LogP contribution in [0.3, 0.4) is 0 Å². The van der Waals surface area contributed by atoms with Crippen LogP contribution in [0.15, 0.2) is 12.1 Å². The van der Waals surface area contributed by atoms with E-state index >= 15 is 0 Å². The molecule has 0 radical (unpaired) electrons. The van der Waals surface area contributed by atoms with Crippen LogP contribution in [0.5, 0.6) is 0 Å². The molecule has 2 aromatic rings. The summed E-state index contributed by atoms with van der Waals surface area (Å²) in [5.74, 6) is -1.62. The molecule has 0 aliphatic rings. The van der Waals surface area contributed by atoms with E-state index in [2.05, 4.69) is 5.32 Å². The first-order valence-electron chi connectivity index (χ1n) is 5.20. The number of hydrogen-bond donors (Lipinski definition) is 1. The van der Waals surface area contributed by atoms with Crippen molar-refractivity contribution in [1.29, 1.82) is 0 Å². The Balaban J connectivity index is 2.62. The Morgan fingerprint density at radius 2 is 2.00 bits per heavy atom. The summed E-state index contributed by atoms with van der Waals surface area (Å²) in [7, 11) is 3.43. The van der Waals surface area contributed by atoms with Gasteiger partial charge in [-0.25, -0.2) is 8.78 Å². The molecule has 0 bridgehead atoms. The molecular weight excluding hydrogens is 244 g/mol. The van der Waals surface area contributed by atoms with Crippen LogP contribution in [0.2, 0.25) is 0 Å². The van der Waals surface area contributed by atoms with E-state index in [1.807, 2.05) is 7.05 Å². The van der Waals surface area contributed by atoms with Crippen molar-refractivity contribution in [2.45, 2.75) is 13.2 Å². The van der Waals surface area contributed by atoms with Crippen LogP contribution >= 0.6 is 11.3 Å². The van der Waals surface area contributed by atoms with Gasteiger partial charge in [-0.15, -0.1) is 11.3 Å². The summed E-state index contributed by atoms with van der Waals surface area (Å²) in [5.41, 5.74) is 0.931. The van der Waals surface area contributed by atoms with E-state index in [0.29, 0.717) is 13.2 Å². The van der Waals surface area contributed by atoms with Crippen molar-refractivity contribution >= 4 is 21.4 Å². The van der Waals surface area contributed by atoms with E-state index in [0.717, 1.165) is 20.5 Å². The smallest absolute Gasteiger partial charge is 0.160 e. The monoisotopic (exact) mass is 257 g/mol. The quantitative estimate of drug-likeness (QED) is 0.909. The Labute approximate surface area is 102 Å². The highest BCUT2D eigenvalue weighted by atomic mass is 32.1. The number of methoxy groups -OCH3 is 1. The maximum atomic E-state index is 13.2. The predicted molar refractivity (Wildman–Crippen MR) is 65.2 cm³/mol. The van der Waals surface area contributed by atoms with Crippen LogP contribution in [0.25, 0.3) is 10.1 Å². The molecule has 0 aliphatic heterocycles. The van der Waals surface area contributed by atoms with Gasteiger partial charge in [0.2, 0.25) is 0 Å². The van der Waals surface area contributed by atoms with E-state index in [4.69, 9.17) is 4.74 Å². The van der Waals surface area contributed by atoms with Crippen LogP contribution in [-0.2, 0) is 17.9 Å². The Hall–Kier alpha value is -1.04. The fourth-order valence-electron chi connectivity index (χ4n) is 1.80. The number of ether oxygens (including phenoxy) is 1. The highest BCUT2D eigenvalue weighted by Gasteiger charge is 2.14. The van der Waals surface area contributed by atoms with Crippen molar-refractivity contribution < 1.29 is 13.5 Å². The maximum Gasteiger partial charge on any atom is 0.160 e. The van der Waals surface area contributed by atoms with E-state index < -0.39 is 11.6 Å². The summed E-state index contributed by atoms with van der Waals surface area (Å²) in [6.45, 7) is 1.07. The van der Waals surface area contributed by atoms with E-state index in [9.17, 15) is 8.78 Å². The molecule has 0 fully saturated rings. The first-order valence-corrected chi connectivity index (χ1v) is 6.01. The van der Waals surface area contributed by atoms with Crippen LogP contribution in [0, 0.1) is 11.6 Å². The fraction of sp³-hybridized carbons (Fsp3) is 0.333. The number of nitrogens with one attached hydrogen (secondary N) is 1. The zero-order valence-corrected chi connectivity index (χ0v) is 10.5. The normalized spacial score (nSPS) is 11.3. The van der Waals surface area contributed by atoms with Gasteiger partial charge in [-0.05, 0) is 19.2 Å². The van der Waals surface area contributed by atoms with E-state index in [1.165, 1.54) is 23.5 Å². The number of hydrogen-bond acceptors (Lipinski definition) is 3. The third kappa shape index (κ3) is 2.31. The van der Waals surface area contributed by atoms with Crippen molar-refractivity contribution in [2.24, 2.45) is 0 Å². The molecule has 0 saturated heterocycles. The second kappa shape index (κ2) is 5.08. The Morgan fingerprint density at radius 1 is 1.29 bits per heavy atom. The number of rotatable bonds is 4. The molecule has 0 aliphatic carbocycles. The first kappa shape index (κ1) is 12.4. The lowest BCUT2D eigenvalue weighted by Gasteiger charge is -2.02. The summed E-state index contributed by atoms with van der Waals surface area (Å²) in [5, 5.41) is 3.78. The summed E-state index contributed by atoms with van der Waals surface area (Å²) in [4.78, 5) is 1.05. The summed E-state index contributed by atoms with van der Waals surface area (Å²) in [6.07, 6.45) is 0. The number of fused-ring (bicyclic) bond motifs is 1. The molecule has 0 unspecified atom stereocenters. The van der Waals surface area contributed by atoms with Gasteiger partial charge in [-0.2, -0.15) is 0 Å². The van der Waals surface area contributed by atoms with Gasteiger partial charge in [-0.1, -0.05) is 0 Å². The van der Waals surface area contributed by atoms with Crippen molar-refractivity contribution in [1.82, 2.24) is 5.32 Å². The third-order valence-corrected chi connectivity index (χ3v) is 3.74. The van der Waals surface area contributed by atoms with Crippen LogP contribution < -0.4 is 5.32 Å². The second-order valence-electron chi connectivity index (χ2n) is 3.73. The first-order chi connectivity index (χ1) is 8.17. The molecule has 5 heteroatoms. The molecule has 17 heavy (non-hydrogen) atoms. The van der Waals surface area contributed by atoms with Gasteiger partial charge in [0, 0.05) is 34.2 Å². The largest absolute Gasteiger partial charge is 0.380 e. The van der Waals surface area contributed by atoms with Crippen molar-refractivity contribution in [3.63, 3.8) is 0 Å². The van der Waals surface area contributed by atoms with Crippen LogP contribution in [0.1, 0.15) is 10.4 Å². The van der Waals surface area contributed by atoms with Gasteiger partial charge < -0.3 is 10.1 Å². The Morgan fingerprint density at radius 3 is 2.65 bits per heavy atom. The molecule has 0 amide bonds. The van der Waals surface area contributed by atoms with Gasteiger partial charge >= 0.3 is 0 Å². The minimum Gasteiger partial charge on any atom is -0.380 e. The Bertz CT molecular complexity index is 539. The molecule has 0 atom stereocenters. The molecule has 2 rings (SSSR count). The number of thiophene rings is 1. The number of halogens is 2. The van der Waals surface area contributed by atoms with Crippen molar-refractivity contribution in [2.75, 3.05) is 14.2 Å². The molecule has 1 aromatic heterocycles. The molecule has 92 valence electrons. The molecule has 2 nitrogen and oxygen atoms in total. The molecule has 1 aromatic carbocycles. The average molecular weight is 257 g/mol. The topological polar surface area (TPSA) is 21.3 Å². The van der Waals surface area contributed by atoms with Crippen molar-refractivity contribution in [3.8, 4) is 0 Å².